The SMILES string of the molecule is O=C(O)CC1(CC(=O)N[C@H]2CO[C@H]3[C@H]2OC[C@H]3Nc2nccc(-c3ccccc3)n2)CCCC1. The second-order valence-corrected chi connectivity index (χ2v) is 9.61. The number of anilines is 1. The van der Waals surface area contributed by atoms with Crippen LogP contribution in [-0.2, 0) is 19.1 Å². The van der Waals surface area contributed by atoms with Crippen molar-refractivity contribution in [3.05, 3.63) is 42.6 Å². The first kappa shape index (κ1) is 22.7. The minimum absolute atomic E-state index is 0.0399. The van der Waals surface area contributed by atoms with Crippen LogP contribution in [0.15, 0.2) is 42.6 Å². The lowest BCUT2D eigenvalue weighted by Crippen LogP contribution is -2.46. The van der Waals surface area contributed by atoms with Gasteiger partial charge in [0.15, 0.2) is 0 Å². The highest BCUT2D eigenvalue weighted by atomic mass is 16.6. The molecule has 0 bridgehead atoms. The number of rotatable bonds is 8. The van der Waals surface area contributed by atoms with Crippen LogP contribution in [0, 0.1) is 5.41 Å². The summed E-state index contributed by atoms with van der Waals surface area (Å²) in [7, 11) is 0. The van der Waals surface area contributed by atoms with E-state index in [2.05, 4.69) is 20.6 Å². The largest absolute Gasteiger partial charge is 0.481 e. The van der Waals surface area contributed by atoms with Gasteiger partial charge >= 0.3 is 5.97 Å². The van der Waals surface area contributed by atoms with Gasteiger partial charge in [0, 0.05) is 18.2 Å². The summed E-state index contributed by atoms with van der Waals surface area (Å²) in [5.74, 6) is -0.467. The molecule has 0 spiro atoms. The lowest BCUT2D eigenvalue weighted by Gasteiger charge is -2.27. The Morgan fingerprint density at radius 3 is 2.44 bits per heavy atom. The third kappa shape index (κ3) is 4.90. The quantitative estimate of drug-likeness (QED) is 0.543. The van der Waals surface area contributed by atoms with Crippen molar-refractivity contribution in [2.45, 2.75) is 62.8 Å². The third-order valence-corrected chi connectivity index (χ3v) is 7.17. The number of ether oxygens (including phenoxy) is 2. The van der Waals surface area contributed by atoms with E-state index in [9.17, 15) is 14.7 Å². The monoisotopic (exact) mass is 466 g/mol. The molecular weight excluding hydrogens is 436 g/mol. The summed E-state index contributed by atoms with van der Waals surface area (Å²) in [5.41, 5.74) is 1.40. The Bertz CT molecular complexity index is 1030. The van der Waals surface area contributed by atoms with Gasteiger partial charge in [0.2, 0.25) is 11.9 Å². The standard InChI is InChI=1S/C25H30N4O5/c30-20(12-25(13-21(31)32)9-4-5-10-25)27-18-14-33-23-19(15-34-22(18)23)29-24-26-11-8-17(28-24)16-6-2-1-3-7-16/h1-3,6-8,11,18-19,22-23H,4-5,9-10,12-15H2,(H,27,30)(H,31,32)(H,26,28,29)/t18-,19+,22-,23+/m0/s1. The molecule has 1 aromatic heterocycles. The molecule has 0 radical (unpaired) electrons. The number of fused-ring (bicyclic) bond motifs is 1. The van der Waals surface area contributed by atoms with E-state index in [0.717, 1.165) is 36.9 Å². The zero-order chi connectivity index (χ0) is 23.5. The molecule has 3 fully saturated rings. The normalized spacial score (nSPS) is 27.3. The number of carbonyl (C=O) groups excluding carboxylic acids is 1. The molecule has 2 aliphatic heterocycles. The topological polar surface area (TPSA) is 123 Å². The first-order chi connectivity index (χ1) is 16.5. The maximum absolute atomic E-state index is 12.8. The van der Waals surface area contributed by atoms with Crippen LogP contribution in [0.5, 0.6) is 0 Å². The molecule has 180 valence electrons. The molecule has 1 amide bonds. The Morgan fingerprint density at radius 1 is 1.00 bits per heavy atom. The molecule has 2 aromatic rings. The summed E-state index contributed by atoms with van der Waals surface area (Å²) in [6.07, 6.45) is 5.01. The fourth-order valence-electron chi connectivity index (χ4n) is 5.57. The highest BCUT2D eigenvalue weighted by Gasteiger charge is 2.49. The Hall–Kier alpha value is -3.04. The van der Waals surface area contributed by atoms with Crippen molar-refractivity contribution in [1.29, 1.82) is 0 Å². The van der Waals surface area contributed by atoms with Crippen molar-refractivity contribution in [2.24, 2.45) is 5.41 Å². The minimum atomic E-state index is -0.842. The van der Waals surface area contributed by atoms with Crippen LogP contribution >= 0.6 is 0 Å². The molecule has 3 N–H and O–H groups in total. The predicted octanol–water partition coefficient (Wildman–Crippen LogP) is 2.63. The van der Waals surface area contributed by atoms with E-state index < -0.39 is 11.4 Å². The number of nitrogens with zero attached hydrogens (tertiary/aromatic N) is 2. The number of benzene rings is 1. The van der Waals surface area contributed by atoms with Gasteiger partial charge in [-0.2, -0.15) is 0 Å². The third-order valence-electron chi connectivity index (χ3n) is 7.17. The number of amides is 1. The molecule has 9 heteroatoms. The summed E-state index contributed by atoms with van der Waals surface area (Å²) in [4.78, 5) is 33.1. The zero-order valence-electron chi connectivity index (χ0n) is 19.0. The van der Waals surface area contributed by atoms with Gasteiger partial charge in [-0.3, -0.25) is 9.59 Å². The van der Waals surface area contributed by atoms with E-state index in [1.165, 1.54) is 0 Å². The number of hydrogen-bond acceptors (Lipinski definition) is 7. The van der Waals surface area contributed by atoms with Gasteiger partial charge in [-0.15, -0.1) is 0 Å². The summed E-state index contributed by atoms with van der Waals surface area (Å²) in [5, 5.41) is 15.7. The highest BCUT2D eigenvalue weighted by molar-refractivity contribution is 5.78. The van der Waals surface area contributed by atoms with Crippen LogP contribution in [0.1, 0.15) is 38.5 Å². The summed E-state index contributed by atoms with van der Waals surface area (Å²) in [6.45, 7) is 0.777. The zero-order valence-corrected chi connectivity index (χ0v) is 19.0. The fraction of sp³-hybridized carbons (Fsp3) is 0.520. The Kier molecular flexibility index (Phi) is 6.47. The number of aromatic nitrogens is 2. The van der Waals surface area contributed by atoms with Gasteiger partial charge in [-0.1, -0.05) is 43.2 Å². The molecule has 3 heterocycles. The molecule has 0 unspecified atom stereocenters. The Morgan fingerprint density at radius 2 is 1.71 bits per heavy atom. The smallest absolute Gasteiger partial charge is 0.303 e. The molecule has 9 nitrogen and oxygen atoms in total. The van der Waals surface area contributed by atoms with Gasteiger partial charge in [0.1, 0.15) is 12.2 Å². The number of carboxylic acid groups (broad SMARTS) is 1. The molecule has 5 rings (SSSR count). The Balaban J connectivity index is 1.19. The molecule has 1 aromatic carbocycles. The molecule has 2 saturated heterocycles. The van der Waals surface area contributed by atoms with Gasteiger partial charge in [0.25, 0.3) is 0 Å². The van der Waals surface area contributed by atoms with Crippen molar-refractivity contribution in [3.63, 3.8) is 0 Å². The molecule has 1 saturated carbocycles. The molecule has 4 atom stereocenters. The van der Waals surface area contributed by atoms with Crippen molar-refractivity contribution in [2.75, 3.05) is 18.5 Å². The number of carboxylic acids is 1. The van der Waals surface area contributed by atoms with Gasteiger partial charge in [0.05, 0.1) is 37.4 Å². The van der Waals surface area contributed by atoms with E-state index in [0.29, 0.717) is 19.2 Å². The number of aliphatic carboxylic acids is 1. The van der Waals surface area contributed by atoms with E-state index >= 15 is 0 Å². The van der Waals surface area contributed by atoms with E-state index in [4.69, 9.17) is 9.47 Å². The van der Waals surface area contributed by atoms with Crippen LogP contribution < -0.4 is 10.6 Å². The van der Waals surface area contributed by atoms with Crippen LogP contribution in [0.25, 0.3) is 11.3 Å². The summed E-state index contributed by atoms with van der Waals surface area (Å²) >= 11 is 0. The summed E-state index contributed by atoms with van der Waals surface area (Å²) in [6, 6.07) is 11.4. The minimum Gasteiger partial charge on any atom is -0.481 e. The number of carbonyl (C=O) groups is 2. The van der Waals surface area contributed by atoms with Crippen molar-refractivity contribution in [3.8, 4) is 11.3 Å². The van der Waals surface area contributed by atoms with Gasteiger partial charge < -0.3 is 25.2 Å². The molecule has 34 heavy (non-hydrogen) atoms. The number of nitrogens with one attached hydrogen (secondary N) is 2. The highest BCUT2D eigenvalue weighted by Crippen LogP contribution is 2.44. The van der Waals surface area contributed by atoms with E-state index in [1.54, 1.807) is 6.20 Å². The van der Waals surface area contributed by atoms with E-state index in [-0.39, 0.29) is 43.0 Å². The lowest BCUT2D eigenvalue weighted by molar-refractivity contribution is -0.140. The lowest BCUT2D eigenvalue weighted by atomic mass is 9.79. The summed E-state index contributed by atoms with van der Waals surface area (Å²) < 4.78 is 12.0. The fourth-order valence-corrected chi connectivity index (χ4v) is 5.57. The van der Waals surface area contributed by atoms with Gasteiger partial charge in [-0.25, -0.2) is 9.97 Å². The van der Waals surface area contributed by atoms with Crippen LogP contribution in [0.2, 0.25) is 0 Å². The first-order valence-corrected chi connectivity index (χ1v) is 11.9. The average Bonchev–Trinajstić information content (AvgIpc) is 3.53. The molecule has 1 aliphatic carbocycles. The maximum Gasteiger partial charge on any atom is 0.303 e. The number of hydrogen-bond donors (Lipinski definition) is 3. The molecular formula is C25H30N4O5. The van der Waals surface area contributed by atoms with Crippen LogP contribution in [0.3, 0.4) is 0 Å². The second kappa shape index (κ2) is 9.68. The average molecular weight is 467 g/mol. The van der Waals surface area contributed by atoms with Crippen LogP contribution in [-0.4, -0.2) is 64.5 Å². The van der Waals surface area contributed by atoms with Crippen molar-refractivity contribution < 1.29 is 24.2 Å². The first-order valence-electron chi connectivity index (χ1n) is 11.9. The predicted molar refractivity (Wildman–Crippen MR) is 124 cm³/mol. The van der Waals surface area contributed by atoms with E-state index in [1.807, 2.05) is 36.4 Å². The van der Waals surface area contributed by atoms with Crippen molar-refractivity contribution in [1.82, 2.24) is 15.3 Å². The molecule has 3 aliphatic rings. The second-order valence-electron chi connectivity index (χ2n) is 9.61. The maximum atomic E-state index is 12.8. The van der Waals surface area contributed by atoms with Gasteiger partial charge in [-0.05, 0) is 24.3 Å². The van der Waals surface area contributed by atoms with Crippen molar-refractivity contribution >= 4 is 17.8 Å². The Labute approximate surface area is 198 Å². The van der Waals surface area contributed by atoms with Crippen LogP contribution in [0.4, 0.5) is 5.95 Å².